The zero-order chi connectivity index (χ0) is 21.5. The van der Waals surface area contributed by atoms with Gasteiger partial charge in [-0.05, 0) is 62.8 Å². The van der Waals surface area contributed by atoms with Crippen LogP contribution in [0.1, 0.15) is 12.8 Å². The summed E-state index contributed by atoms with van der Waals surface area (Å²) in [6.07, 6.45) is 2.01. The molecule has 30 heavy (non-hydrogen) atoms. The summed E-state index contributed by atoms with van der Waals surface area (Å²) >= 11 is 0. The molecule has 160 valence electrons. The molecular weight excluding hydrogens is 411 g/mol. The number of anilines is 2. The van der Waals surface area contributed by atoms with Crippen molar-refractivity contribution < 1.29 is 22.7 Å². The molecule has 2 heterocycles. The Morgan fingerprint density at radius 2 is 1.93 bits per heavy atom. The van der Waals surface area contributed by atoms with E-state index in [1.54, 1.807) is 22.9 Å². The van der Waals surface area contributed by atoms with Crippen LogP contribution in [0.4, 0.5) is 15.8 Å². The largest absolute Gasteiger partial charge is 0.506 e. The van der Waals surface area contributed by atoms with Gasteiger partial charge in [-0.3, -0.25) is 4.79 Å². The van der Waals surface area contributed by atoms with Crippen LogP contribution in [0, 0.1) is 5.82 Å². The van der Waals surface area contributed by atoms with E-state index in [1.807, 2.05) is 6.07 Å². The maximum absolute atomic E-state index is 15.3. The summed E-state index contributed by atoms with van der Waals surface area (Å²) in [5.74, 6) is -2.26. The molecule has 2 aromatic carbocycles. The Labute approximate surface area is 174 Å². The maximum Gasteiger partial charge on any atom is 0.326 e. The van der Waals surface area contributed by atoms with Crippen molar-refractivity contribution in [3.63, 3.8) is 0 Å². The van der Waals surface area contributed by atoms with Gasteiger partial charge >= 0.3 is 10.2 Å². The Hall–Kier alpha value is -2.85. The molecule has 0 aromatic heterocycles. The van der Waals surface area contributed by atoms with Crippen molar-refractivity contribution >= 4 is 27.5 Å². The zero-order valence-electron chi connectivity index (χ0n) is 16.4. The van der Waals surface area contributed by atoms with Crippen molar-refractivity contribution in [3.8, 4) is 16.9 Å². The molecule has 2 aliphatic rings. The van der Waals surface area contributed by atoms with Crippen molar-refractivity contribution in [1.82, 2.24) is 9.62 Å². The van der Waals surface area contributed by atoms with Gasteiger partial charge in [0.1, 0.15) is 18.0 Å². The number of aromatic hydroxyl groups is 1. The Morgan fingerprint density at radius 3 is 2.60 bits per heavy atom. The van der Waals surface area contributed by atoms with Crippen molar-refractivity contribution in [2.24, 2.45) is 0 Å². The van der Waals surface area contributed by atoms with Crippen molar-refractivity contribution in [1.29, 1.82) is 0 Å². The highest BCUT2D eigenvalue weighted by Crippen LogP contribution is 2.39. The lowest BCUT2D eigenvalue weighted by Gasteiger charge is -2.30. The van der Waals surface area contributed by atoms with E-state index in [-0.39, 0.29) is 5.56 Å². The molecule has 0 saturated carbocycles. The van der Waals surface area contributed by atoms with E-state index in [0.717, 1.165) is 31.6 Å². The van der Waals surface area contributed by atoms with Gasteiger partial charge in [0.05, 0.1) is 0 Å². The van der Waals surface area contributed by atoms with E-state index >= 15 is 4.39 Å². The standard InChI is InChI=1S/C20H23FN4O4S/c1-24-9-7-14(8-10-24)22-15-4-2-3-13(11-15)16-5-6-17(26)20(19(16)21)25-12-18(27)23-30(25,28)29/h2-6,11,14,22,26H,7-10,12H2,1H3,(H,23,27). The highest BCUT2D eigenvalue weighted by molar-refractivity contribution is 7.92. The van der Waals surface area contributed by atoms with Crippen LogP contribution in [-0.2, 0) is 15.0 Å². The quantitative estimate of drug-likeness (QED) is 0.679. The second-order valence-electron chi connectivity index (χ2n) is 7.63. The molecule has 0 bridgehead atoms. The molecule has 3 N–H and O–H groups in total. The molecule has 0 radical (unpaired) electrons. The molecule has 0 aliphatic carbocycles. The van der Waals surface area contributed by atoms with Crippen LogP contribution in [0.25, 0.3) is 11.1 Å². The molecule has 1 amide bonds. The van der Waals surface area contributed by atoms with Crippen LogP contribution < -0.4 is 14.3 Å². The highest BCUT2D eigenvalue weighted by atomic mass is 32.2. The molecule has 4 rings (SSSR count). The van der Waals surface area contributed by atoms with E-state index in [0.29, 0.717) is 15.9 Å². The summed E-state index contributed by atoms with van der Waals surface area (Å²) < 4.78 is 41.9. The minimum Gasteiger partial charge on any atom is -0.506 e. The van der Waals surface area contributed by atoms with Gasteiger partial charge in [0.15, 0.2) is 5.82 Å². The fourth-order valence-electron chi connectivity index (χ4n) is 3.83. The third-order valence-electron chi connectivity index (χ3n) is 5.43. The van der Waals surface area contributed by atoms with E-state index in [1.165, 1.54) is 12.1 Å². The molecule has 0 unspecified atom stereocenters. The summed E-state index contributed by atoms with van der Waals surface area (Å²) in [5.41, 5.74) is 0.952. The number of hydrogen-bond donors (Lipinski definition) is 3. The van der Waals surface area contributed by atoms with Crippen LogP contribution >= 0.6 is 0 Å². The van der Waals surface area contributed by atoms with Crippen molar-refractivity contribution in [3.05, 3.63) is 42.2 Å². The van der Waals surface area contributed by atoms with E-state index in [9.17, 15) is 18.3 Å². The fraction of sp³-hybridized carbons (Fsp3) is 0.350. The molecule has 2 aromatic rings. The number of hydrogen-bond acceptors (Lipinski definition) is 6. The smallest absolute Gasteiger partial charge is 0.326 e. The number of amides is 1. The fourth-order valence-corrected chi connectivity index (χ4v) is 4.99. The molecule has 2 fully saturated rings. The number of phenolic OH excluding ortho intramolecular Hbond substituents is 1. The van der Waals surface area contributed by atoms with Crippen molar-refractivity contribution in [2.75, 3.05) is 36.3 Å². The SMILES string of the molecule is CN1CCC(Nc2cccc(-c3ccc(O)c(N4CC(=O)NS4(=O)=O)c3F)c2)CC1. The predicted molar refractivity (Wildman–Crippen MR) is 112 cm³/mol. The lowest BCUT2D eigenvalue weighted by atomic mass is 10.0. The van der Waals surface area contributed by atoms with E-state index in [2.05, 4.69) is 17.3 Å². The minimum absolute atomic E-state index is 0.129. The van der Waals surface area contributed by atoms with Gasteiger partial charge in [0.2, 0.25) is 0 Å². The Kier molecular flexibility index (Phi) is 5.29. The highest BCUT2D eigenvalue weighted by Gasteiger charge is 2.38. The number of halogens is 1. The first-order valence-corrected chi connectivity index (χ1v) is 11.1. The second-order valence-corrected chi connectivity index (χ2v) is 9.23. The normalized spacial score (nSPS) is 19.7. The zero-order valence-corrected chi connectivity index (χ0v) is 17.2. The number of nitrogens with zero attached hydrogens (tertiary/aromatic N) is 2. The Balaban J connectivity index is 1.66. The monoisotopic (exact) mass is 434 g/mol. The number of piperidine rings is 1. The third kappa shape index (κ3) is 3.92. The maximum atomic E-state index is 15.3. The molecule has 0 atom stereocenters. The minimum atomic E-state index is -4.25. The lowest BCUT2D eigenvalue weighted by Crippen LogP contribution is -2.36. The molecule has 0 spiro atoms. The molecular formula is C20H23FN4O4S. The first kappa shape index (κ1) is 20.4. The number of nitrogens with one attached hydrogen (secondary N) is 2. The number of carbonyl (C=O) groups is 1. The van der Waals surface area contributed by atoms with Gasteiger partial charge in [-0.15, -0.1) is 0 Å². The van der Waals surface area contributed by atoms with E-state index in [4.69, 9.17) is 0 Å². The number of rotatable bonds is 4. The first-order valence-electron chi connectivity index (χ1n) is 9.65. The van der Waals surface area contributed by atoms with Crippen LogP contribution in [0.2, 0.25) is 0 Å². The number of benzene rings is 2. The van der Waals surface area contributed by atoms with E-state index < -0.39 is 39.9 Å². The molecule has 8 nitrogen and oxygen atoms in total. The number of phenols is 1. The lowest BCUT2D eigenvalue weighted by molar-refractivity contribution is -0.117. The topological polar surface area (TPSA) is 102 Å². The van der Waals surface area contributed by atoms with Gasteiger partial charge in [-0.2, -0.15) is 8.42 Å². The van der Waals surface area contributed by atoms with Gasteiger partial charge in [0, 0.05) is 17.3 Å². The number of likely N-dealkylation sites (tertiary alicyclic amines) is 1. The average Bonchev–Trinajstić information content (AvgIpc) is 2.96. The molecule has 2 saturated heterocycles. The predicted octanol–water partition coefficient (Wildman–Crippen LogP) is 1.89. The van der Waals surface area contributed by atoms with Crippen LogP contribution in [0.5, 0.6) is 5.75 Å². The van der Waals surface area contributed by atoms with Gasteiger partial charge in [-0.25, -0.2) is 13.4 Å². The Bertz CT molecular complexity index is 1080. The first-order chi connectivity index (χ1) is 14.2. The summed E-state index contributed by atoms with van der Waals surface area (Å²) in [5, 5.41) is 13.6. The summed E-state index contributed by atoms with van der Waals surface area (Å²) in [6, 6.07) is 10.1. The van der Waals surface area contributed by atoms with Gasteiger partial charge in [0.25, 0.3) is 5.91 Å². The third-order valence-corrected chi connectivity index (χ3v) is 6.80. The molecule has 10 heteroatoms. The summed E-state index contributed by atoms with van der Waals surface area (Å²) in [4.78, 5) is 13.8. The van der Waals surface area contributed by atoms with Crippen LogP contribution in [0.15, 0.2) is 36.4 Å². The van der Waals surface area contributed by atoms with Crippen LogP contribution in [0.3, 0.4) is 0 Å². The second kappa shape index (κ2) is 7.77. The van der Waals surface area contributed by atoms with Gasteiger partial charge in [-0.1, -0.05) is 12.1 Å². The number of carbonyl (C=O) groups excluding carboxylic acids is 1. The Morgan fingerprint density at radius 1 is 1.20 bits per heavy atom. The summed E-state index contributed by atoms with van der Waals surface area (Å²) in [6.45, 7) is 1.42. The van der Waals surface area contributed by atoms with Gasteiger partial charge < -0.3 is 15.3 Å². The van der Waals surface area contributed by atoms with Crippen molar-refractivity contribution in [2.45, 2.75) is 18.9 Å². The average molecular weight is 434 g/mol. The summed E-state index contributed by atoms with van der Waals surface area (Å²) in [7, 11) is -2.16. The molecule has 2 aliphatic heterocycles. The van der Waals surface area contributed by atoms with Crippen LogP contribution in [-0.4, -0.2) is 57.1 Å².